The van der Waals surface area contributed by atoms with Crippen molar-refractivity contribution in [2.75, 3.05) is 0 Å². The molecule has 0 heterocycles. The van der Waals surface area contributed by atoms with Crippen molar-refractivity contribution >= 4 is 5.97 Å². The number of hydrogen-bond acceptors (Lipinski definition) is 5. The van der Waals surface area contributed by atoms with Crippen LogP contribution < -0.4 is 0 Å². The van der Waals surface area contributed by atoms with Gasteiger partial charge in [-0.2, -0.15) is 0 Å². The maximum atomic E-state index is 13.8. The fourth-order valence-corrected chi connectivity index (χ4v) is 12.6. The van der Waals surface area contributed by atoms with Gasteiger partial charge in [0.05, 0.1) is 17.8 Å². The molecule has 0 aromatic heterocycles. The van der Waals surface area contributed by atoms with Gasteiger partial charge in [0.25, 0.3) is 0 Å². The van der Waals surface area contributed by atoms with E-state index in [2.05, 4.69) is 55.0 Å². The van der Waals surface area contributed by atoms with E-state index in [1.165, 1.54) is 5.57 Å². The predicted molar refractivity (Wildman–Crippen MR) is 165 cm³/mol. The van der Waals surface area contributed by atoms with E-state index < -0.39 is 6.10 Å². The van der Waals surface area contributed by atoms with E-state index in [9.17, 15) is 20.1 Å². The third-order valence-electron chi connectivity index (χ3n) is 14.8. The van der Waals surface area contributed by atoms with E-state index in [0.29, 0.717) is 23.3 Å². The van der Waals surface area contributed by atoms with Crippen LogP contribution in [0.4, 0.5) is 0 Å². The lowest BCUT2D eigenvalue weighted by atomic mass is 9.31. The first-order chi connectivity index (χ1) is 19.5. The van der Waals surface area contributed by atoms with Crippen LogP contribution in [0.15, 0.2) is 36.4 Å². The Labute approximate surface area is 253 Å². The van der Waals surface area contributed by atoms with Crippen LogP contribution in [0.2, 0.25) is 0 Å². The van der Waals surface area contributed by atoms with E-state index in [-0.39, 0.29) is 62.8 Å². The number of allylic oxidation sites excluding steroid dienone is 1. The van der Waals surface area contributed by atoms with Crippen LogP contribution in [0.1, 0.15) is 110 Å². The standard InChI is InChI=1S/C37H54O5/c1-21(2)24-13-16-34(5)20-29(40)37(8)25(30(24)34)19-26(42-32(41)22-9-11-23(38)12-10-22)31-35(6)17-15-28(39)33(3,4)27(35)14-18-36(31,37)7/h9-12,24-31,38-40H,1,13-20H2,2-8H3/t24-,25+,26+,27-,28-,29-,30+,31+,34+,35-,36+,37-/m0/s1. The number of esters is 1. The first kappa shape index (κ1) is 30.2. The number of ether oxygens (including phenoxy) is 1. The second-order valence-corrected chi connectivity index (χ2v) is 16.9. The number of carbonyl (C=O) groups is 1. The Morgan fingerprint density at radius 1 is 0.929 bits per heavy atom. The minimum atomic E-state index is -0.420. The molecule has 0 saturated heterocycles. The maximum absolute atomic E-state index is 13.8. The van der Waals surface area contributed by atoms with E-state index in [1.54, 1.807) is 24.3 Å². The molecular weight excluding hydrogens is 524 g/mol. The molecule has 3 N–H and O–H groups in total. The zero-order chi connectivity index (χ0) is 30.6. The molecule has 42 heavy (non-hydrogen) atoms. The van der Waals surface area contributed by atoms with E-state index in [4.69, 9.17) is 4.74 Å². The lowest BCUT2D eigenvalue weighted by Gasteiger charge is -2.74. The Morgan fingerprint density at radius 2 is 1.60 bits per heavy atom. The fourth-order valence-electron chi connectivity index (χ4n) is 12.6. The van der Waals surface area contributed by atoms with Crippen molar-refractivity contribution in [1.29, 1.82) is 0 Å². The molecular formula is C37H54O5. The van der Waals surface area contributed by atoms with Crippen molar-refractivity contribution < 1.29 is 24.9 Å². The number of benzene rings is 1. The van der Waals surface area contributed by atoms with Gasteiger partial charge in [-0.05, 0) is 128 Å². The highest BCUT2D eigenvalue weighted by atomic mass is 16.5. The molecule has 1 aromatic carbocycles. The summed E-state index contributed by atoms with van der Waals surface area (Å²) in [4.78, 5) is 13.8. The van der Waals surface area contributed by atoms with E-state index in [0.717, 1.165) is 51.4 Å². The van der Waals surface area contributed by atoms with Gasteiger partial charge < -0.3 is 20.1 Å². The number of phenolic OH excluding ortho intramolecular Hbond substituents is 1. The number of rotatable bonds is 3. The van der Waals surface area contributed by atoms with Crippen LogP contribution in [0.3, 0.4) is 0 Å². The molecule has 5 nitrogen and oxygen atoms in total. The van der Waals surface area contributed by atoms with Crippen LogP contribution >= 0.6 is 0 Å². The van der Waals surface area contributed by atoms with Crippen LogP contribution in [0.25, 0.3) is 0 Å². The number of aliphatic hydroxyl groups excluding tert-OH is 2. The molecule has 0 radical (unpaired) electrons. The molecule has 0 amide bonds. The summed E-state index contributed by atoms with van der Waals surface area (Å²) in [7, 11) is 0. The average molecular weight is 579 g/mol. The minimum Gasteiger partial charge on any atom is -0.508 e. The van der Waals surface area contributed by atoms with Gasteiger partial charge in [0, 0.05) is 11.3 Å². The molecule has 5 heteroatoms. The smallest absolute Gasteiger partial charge is 0.338 e. The van der Waals surface area contributed by atoms with Crippen molar-refractivity contribution in [3.8, 4) is 5.75 Å². The number of phenols is 1. The van der Waals surface area contributed by atoms with Gasteiger partial charge in [-0.15, -0.1) is 0 Å². The van der Waals surface area contributed by atoms with Gasteiger partial charge in [-0.1, -0.05) is 53.7 Å². The second kappa shape index (κ2) is 9.57. The van der Waals surface area contributed by atoms with Crippen LogP contribution in [-0.4, -0.2) is 39.6 Å². The van der Waals surface area contributed by atoms with Gasteiger partial charge in [-0.3, -0.25) is 0 Å². The first-order valence-corrected chi connectivity index (χ1v) is 16.5. The van der Waals surface area contributed by atoms with Crippen molar-refractivity contribution in [2.45, 2.75) is 118 Å². The van der Waals surface area contributed by atoms with Crippen LogP contribution in [-0.2, 0) is 4.74 Å². The van der Waals surface area contributed by atoms with Gasteiger partial charge in [0.2, 0.25) is 0 Å². The van der Waals surface area contributed by atoms with Crippen molar-refractivity contribution in [3.63, 3.8) is 0 Å². The Bertz CT molecular complexity index is 1250. The van der Waals surface area contributed by atoms with Crippen molar-refractivity contribution in [3.05, 3.63) is 42.0 Å². The summed E-state index contributed by atoms with van der Waals surface area (Å²) in [6.45, 7) is 20.7. The Hall–Kier alpha value is -1.85. The van der Waals surface area contributed by atoms with Crippen molar-refractivity contribution in [2.24, 2.45) is 56.7 Å². The van der Waals surface area contributed by atoms with Crippen LogP contribution in [0.5, 0.6) is 5.75 Å². The lowest BCUT2D eigenvalue weighted by molar-refractivity contribution is -0.298. The van der Waals surface area contributed by atoms with Gasteiger partial charge in [0.15, 0.2) is 0 Å². The van der Waals surface area contributed by atoms with E-state index in [1.807, 2.05) is 0 Å². The molecule has 5 fully saturated rings. The Balaban J connectivity index is 1.50. The van der Waals surface area contributed by atoms with Gasteiger partial charge in [0.1, 0.15) is 11.9 Å². The minimum absolute atomic E-state index is 0.0416. The molecule has 0 aliphatic heterocycles. The molecule has 6 rings (SSSR count). The molecule has 12 atom stereocenters. The zero-order valence-corrected chi connectivity index (χ0v) is 27.0. The van der Waals surface area contributed by atoms with Gasteiger partial charge in [-0.25, -0.2) is 4.79 Å². The summed E-state index contributed by atoms with van der Waals surface area (Å²) >= 11 is 0. The molecule has 0 unspecified atom stereocenters. The number of aliphatic hydroxyl groups is 2. The largest absolute Gasteiger partial charge is 0.508 e. The highest BCUT2D eigenvalue weighted by molar-refractivity contribution is 5.89. The van der Waals surface area contributed by atoms with E-state index >= 15 is 0 Å². The van der Waals surface area contributed by atoms with Crippen LogP contribution in [0, 0.1) is 56.7 Å². The quantitative estimate of drug-likeness (QED) is 0.255. The average Bonchev–Trinajstić information content (AvgIpc) is 3.25. The summed E-state index contributed by atoms with van der Waals surface area (Å²) in [5, 5.41) is 33.3. The molecule has 232 valence electrons. The number of aromatic hydroxyl groups is 1. The third-order valence-corrected chi connectivity index (χ3v) is 14.8. The summed E-state index contributed by atoms with van der Waals surface area (Å²) < 4.78 is 6.68. The second-order valence-electron chi connectivity index (χ2n) is 16.9. The zero-order valence-electron chi connectivity index (χ0n) is 27.0. The number of hydrogen-bond donors (Lipinski definition) is 3. The molecule has 0 spiro atoms. The Morgan fingerprint density at radius 3 is 2.24 bits per heavy atom. The normalized spacial score (nSPS) is 49.2. The molecule has 5 aliphatic carbocycles. The first-order valence-electron chi connectivity index (χ1n) is 16.5. The topological polar surface area (TPSA) is 87.0 Å². The number of fused-ring (bicyclic) bond motifs is 7. The maximum Gasteiger partial charge on any atom is 0.338 e. The SMILES string of the molecule is C=C(C)[C@@H]1CC[C@]2(C)C[C@H](O)[C@]3(C)[C@H](C[C@@H](OC(=O)c4ccc(O)cc4)[C@@H]4[C@@]5(C)CC[C@H](O)C(C)(C)[C@@H]5CC[C@]43C)[C@@H]12. The molecule has 0 bridgehead atoms. The summed E-state index contributed by atoms with van der Waals surface area (Å²) in [5.74, 6) is 1.15. The lowest BCUT2D eigenvalue weighted by Crippen LogP contribution is -2.73. The highest BCUT2D eigenvalue weighted by Gasteiger charge is 2.75. The van der Waals surface area contributed by atoms with Crippen molar-refractivity contribution in [1.82, 2.24) is 0 Å². The molecule has 5 saturated carbocycles. The summed E-state index contributed by atoms with van der Waals surface area (Å²) in [5.41, 5.74) is 0.781. The summed E-state index contributed by atoms with van der Waals surface area (Å²) in [6.07, 6.45) is 6.30. The Kier molecular flexibility index (Phi) is 6.88. The highest BCUT2D eigenvalue weighted by Crippen LogP contribution is 2.77. The number of carbonyl (C=O) groups excluding carboxylic acids is 1. The third kappa shape index (κ3) is 3.90. The monoisotopic (exact) mass is 578 g/mol. The fraction of sp³-hybridized carbons (Fsp3) is 0.757. The van der Waals surface area contributed by atoms with Gasteiger partial charge >= 0.3 is 5.97 Å². The molecule has 1 aromatic rings. The summed E-state index contributed by atoms with van der Waals surface area (Å²) in [6, 6.07) is 6.37. The predicted octanol–water partition coefficient (Wildman–Crippen LogP) is 7.54. The molecule has 5 aliphatic rings.